The van der Waals surface area contributed by atoms with E-state index in [0.717, 1.165) is 5.56 Å². The summed E-state index contributed by atoms with van der Waals surface area (Å²) in [5.74, 6) is -1.15. The zero-order chi connectivity index (χ0) is 19.5. The van der Waals surface area contributed by atoms with Crippen molar-refractivity contribution in [2.24, 2.45) is 4.99 Å². The van der Waals surface area contributed by atoms with Crippen LogP contribution in [0.4, 0.5) is 5.69 Å². The maximum atomic E-state index is 12.7. The van der Waals surface area contributed by atoms with E-state index in [-0.39, 0.29) is 0 Å². The van der Waals surface area contributed by atoms with E-state index in [2.05, 4.69) is 10.3 Å². The van der Waals surface area contributed by atoms with Gasteiger partial charge in [0.2, 0.25) is 0 Å². The molecule has 1 amide bonds. The van der Waals surface area contributed by atoms with Crippen molar-refractivity contribution >= 4 is 34.9 Å². The molecule has 138 valence electrons. The highest BCUT2D eigenvalue weighted by Gasteiger charge is 2.29. The van der Waals surface area contributed by atoms with E-state index in [1.165, 1.54) is 0 Å². The van der Waals surface area contributed by atoms with Crippen molar-refractivity contribution in [3.05, 3.63) is 101 Å². The van der Waals surface area contributed by atoms with Crippen LogP contribution in [0.5, 0.6) is 0 Å². The highest BCUT2D eigenvalue weighted by Crippen LogP contribution is 2.27. The molecular weight excluding hydrogens is 376 g/mol. The van der Waals surface area contributed by atoms with Gasteiger partial charge in [-0.05, 0) is 30.3 Å². The fourth-order valence-corrected chi connectivity index (χ4v) is 3.08. The number of benzene rings is 3. The molecule has 1 unspecified atom stereocenters. The Morgan fingerprint density at radius 2 is 1.64 bits per heavy atom. The van der Waals surface area contributed by atoms with Crippen molar-refractivity contribution in [2.75, 3.05) is 5.32 Å². The number of fused-ring (bicyclic) bond motifs is 1. The molecule has 6 heteroatoms. The zero-order valence-electron chi connectivity index (χ0n) is 14.6. The van der Waals surface area contributed by atoms with Crippen LogP contribution < -0.4 is 5.32 Å². The molecule has 1 aliphatic rings. The Bertz CT molecular complexity index is 1070. The van der Waals surface area contributed by atoms with Crippen LogP contribution in [0.1, 0.15) is 21.5 Å². The molecule has 1 N–H and O–H groups in total. The maximum absolute atomic E-state index is 12.7. The van der Waals surface area contributed by atoms with Crippen LogP contribution in [-0.2, 0) is 9.53 Å². The molecule has 3 aromatic rings. The summed E-state index contributed by atoms with van der Waals surface area (Å²) in [4.78, 5) is 29.6. The molecule has 1 heterocycles. The van der Waals surface area contributed by atoms with Gasteiger partial charge in [-0.2, -0.15) is 0 Å². The topological polar surface area (TPSA) is 67.8 Å². The summed E-state index contributed by atoms with van der Waals surface area (Å²) in [6, 6.07) is 22.9. The van der Waals surface area contributed by atoms with Gasteiger partial charge in [0.25, 0.3) is 12.1 Å². The van der Waals surface area contributed by atoms with E-state index >= 15 is 0 Å². The first-order valence-corrected chi connectivity index (χ1v) is 8.99. The minimum absolute atomic E-state index is 0.344. The Kier molecular flexibility index (Phi) is 4.91. The lowest BCUT2D eigenvalue weighted by molar-refractivity contribution is -0.124. The molecule has 1 aliphatic heterocycles. The van der Waals surface area contributed by atoms with Crippen LogP contribution >= 0.6 is 11.6 Å². The number of hydrogen-bond acceptors (Lipinski definition) is 4. The van der Waals surface area contributed by atoms with Crippen LogP contribution in [0, 0.1) is 0 Å². The van der Waals surface area contributed by atoms with E-state index in [1.54, 1.807) is 48.5 Å². The number of hydrogen-bond donors (Lipinski definition) is 1. The third-order valence-corrected chi connectivity index (χ3v) is 4.48. The highest BCUT2D eigenvalue weighted by molar-refractivity contribution is 6.32. The molecule has 3 aromatic carbocycles. The number of amides is 1. The summed E-state index contributed by atoms with van der Waals surface area (Å²) in [5, 5.41) is 3.28. The standard InChI is InChI=1S/C22H15ClN2O3/c23-16-11-12-18-17(13-16)19(14-7-3-1-4-8-14)25-21(20(26)24-18)28-22(27)15-9-5-2-6-10-15/h1-13,21H,(H,24,26). The van der Waals surface area contributed by atoms with Gasteiger partial charge >= 0.3 is 5.97 Å². The third kappa shape index (κ3) is 3.66. The number of rotatable bonds is 3. The van der Waals surface area contributed by atoms with Crippen molar-refractivity contribution in [1.82, 2.24) is 0 Å². The Morgan fingerprint density at radius 3 is 2.36 bits per heavy atom. The molecule has 0 aliphatic carbocycles. The van der Waals surface area contributed by atoms with E-state index < -0.39 is 18.1 Å². The molecule has 28 heavy (non-hydrogen) atoms. The lowest BCUT2D eigenvalue weighted by atomic mass is 10.0. The number of nitrogens with one attached hydrogen (secondary N) is 1. The lowest BCUT2D eigenvalue weighted by Gasteiger charge is -2.12. The lowest BCUT2D eigenvalue weighted by Crippen LogP contribution is -2.30. The number of carbonyl (C=O) groups is 2. The smallest absolute Gasteiger partial charge is 0.340 e. The molecule has 0 aromatic heterocycles. The van der Waals surface area contributed by atoms with Gasteiger partial charge in [0, 0.05) is 16.1 Å². The number of anilines is 1. The van der Waals surface area contributed by atoms with Gasteiger partial charge in [-0.3, -0.25) is 4.79 Å². The summed E-state index contributed by atoms with van der Waals surface area (Å²) in [6.07, 6.45) is -1.32. The number of carbonyl (C=O) groups excluding carboxylic acids is 2. The van der Waals surface area contributed by atoms with Gasteiger partial charge in [0.05, 0.1) is 17.0 Å². The monoisotopic (exact) mass is 390 g/mol. The second-order valence-corrected chi connectivity index (χ2v) is 6.58. The fraction of sp³-hybridized carbons (Fsp3) is 0.0455. The Balaban J connectivity index is 1.77. The number of aliphatic imine (C=N–C) groups is 1. The largest absolute Gasteiger partial charge is 0.426 e. The molecule has 0 saturated heterocycles. The molecule has 5 nitrogen and oxygen atoms in total. The minimum Gasteiger partial charge on any atom is -0.426 e. The first kappa shape index (κ1) is 17.9. The molecule has 0 radical (unpaired) electrons. The van der Waals surface area contributed by atoms with E-state index in [0.29, 0.717) is 27.5 Å². The van der Waals surface area contributed by atoms with Crippen molar-refractivity contribution in [3.63, 3.8) is 0 Å². The maximum Gasteiger partial charge on any atom is 0.340 e. The molecule has 1 atom stereocenters. The number of ether oxygens (including phenoxy) is 1. The van der Waals surface area contributed by atoms with Crippen molar-refractivity contribution in [3.8, 4) is 0 Å². The van der Waals surface area contributed by atoms with Crippen LogP contribution in [0.2, 0.25) is 5.02 Å². The summed E-state index contributed by atoms with van der Waals surface area (Å²) in [6.45, 7) is 0. The molecular formula is C22H15ClN2O3. The van der Waals surface area contributed by atoms with Crippen molar-refractivity contribution < 1.29 is 14.3 Å². The van der Waals surface area contributed by atoms with Gasteiger partial charge in [-0.1, -0.05) is 60.1 Å². The van der Waals surface area contributed by atoms with Crippen LogP contribution in [0.3, 0.4) is 0 Å². The predicted octanol–water partition coefficient (Wildman–Crippen LogP) is 4.31. The van der Waals surface area contributed by atoms with Crippen LogP contribution in [0.15, 0.2) is 83.9 Å². The van der Waals surface area contributed by atoms with Gasteiger partial charge in [-0.15, -0.1) is 0 Å². The first-order valence-electron chi connectivity index (χ1n) is 8.62. The first-order chi connectivity index (χ1) is 13.6. The Morgan fingerprint density at radius 1 is 0.964 bits per heavy atom. The zero-order valence-corrected chi connectivity index (χ0v) is 15.4. The number of halogens is 1. The average Bonchev–Trinajstić information content (AvgIpc) is 2.86. The van der Waals surface area contributed by atoms with E-state index in [4.69, 9.17) is 16.3 Å². The molecule has 4 rings (SSSR count). The predicted molar refractivity (Wildman–Crippen MR) is 108 cm³/mol. The van der Waals surface area contributed by atoms with Gasteiger partial charge < -0.3 is 10.1 Å². The average molecular weight is 391 g/mol. The van der Waals surface area contributed by atoms with Gasteiger partial charge in [0.15, 0.2) is 0 Å². The number of benzodiazepines with no additional fused rings is 1. The molecule has 0 bridgehead atoms. The number of esters is 1. The summed E-state index contributed by atoms with van der Waals surface area (Å²) in [5.41, 5.74) is 2.85. The third-order valence-electron chi connectivity index (χ3n) is 4.24. The van der Waals surface area contributed by atoms with Crippen LogP contribution in [0.25, 0.3) is 0 Å². The molecule has 0 saturated carbocycles. The fourth-order valence-electron chi connectivity index (χ4n) is 2.91. The summed E-state index contributed by atoms with van der Waals surface area (Å²) in [7, 11) is 0. The molecule has 0 fully saturated rings. The quantitative estimate of drug-likeness (QED) is 0.677. The second kappa shape index (κ2) is 7.66. The molecule has 0 spiro atoms. The Hall–Kier alpha value is -3.44. The van der Waals surface area contributed by atoms with E-state index in [1.807, 2.05) is 30.3 Å². The summed E-state index contributed by atoms with van der Waals surface area (Å²) >= 11 is 6.17. The SMILES string of the molecule is O=C(OC1N=C(c2ccccc2)c2cc(Cl)ccc2NC1=O)c1ccccc1. The van der Waals surface area contributed by atoms with Gasteiger partial charge in [-0.25, -0.2) is 9.79 Å². The highest BCUT2D eigenvalue weighted by atomic mass is 35.5. The minimum atomic E-state index is -1.32. The van der Waals surface area contributed by atoms with Crippen LogP contribution in [-0.4, -0.2) is 23.8 Å². The van der Waals surface area contributed by atoms with Gasteiger partial charge in [0.1, 0.15) is 0 Å². The Labute approximate surface area is 166 Å². The summed E-state index contributed by atoms with van der Waals surface area (Å²) < 4.78 is 5.41. The van der Waals surface area contributed by atoms with Crippen molar-refractivity contribution in [1.29, 1.82) is 0 Å². The van der Waals surface area contributed by atoms with E-state index in [9.17, 15) is 9.59 Å². The number of nitrogens with zero attached hydrogens (tertiary/aromatic N) is 1. The second-order valence-electron chi connectivity index (χ2n) is 6.15. The normalized spacial score (nSPS) is 15.7. The van der Waals surface area contributed by atoms with Crippen molar-refractivity contribution in [2.45, 2.75) is 6.23 Å².